The van der Waals surface area contributed by atoms with Crippen LogP contribution in [0.15, 0.2) is 41.6 Å². The van der Waals surface area contributed by atoms with Gasteiger partial charge in [-0.2, -0.15) is 0 Å². The SMILES string of the molecule is Cc1cccnc1CNC(=O)c1c[nH]ccc1=O. The van der Waals surface area contributed by atoms with Crippen molar-refractivity contribution in [1.82, 2.24) is 15.3 Å². The summed E-state index contributed by atoms with van der Waals surface area (Å²) in [7, 11) is 0. The van der Waals surface area contributed by atoms with Crippen LogP contribution in [-0.4, -0.2) is 15.9 Å². The smallest absolute Gasteiger partial charge is 0.257 e. The number of aryl methyl sites for hydroxylation is 1. The Hall–Kier alpha value is -2.43. The highest BCUT2D eigenvalue weighted by atomic mass is 16.2. The van der Waals surface area contributed by atoms with Crippen LogP contribution in [0.2, 0.25) is 0 Å². The predicted octanol–water partition coefficient (Wildman–Crippen LogP) is 1.01. The third-order valence-electron chi connectivity index (χ3n) is 2.60. The summed E-state index contributed by atoms with van der Waals surface area (Å²) in [5.41, 5.74) is 1.59. The number of hydrogen-bond donors (Lipinski definition) is 2. The minimum Gasteiger partial charge on any atom is -0.367 e. The van der Waals surface area contributed by atoms with Crippen molar-refractivity contribution in [3.8, 4) is 0 Å². The maximum Gasteiger partial charge on any atom is 0.257 e. The molecule has 0 aliphatic carbocycles. The van der Waals surface area contributed by atoms with Gasteiger partial charge in [-0.1, -0.05) is 6.07 Å². The van der Waals surface area contributed by atoms with Crippen molar-refractivity contribution >= 4 is 5.91 Å². The van der Waals surface area contributed by atoms with Crippen LogP contribution in [0.3, 0.4) is 0 Å². The maximum atomic E-state index is 11.8. The van der Waals surface area contributed by atoms with Crippen LogP contribution < -0.4 is 10.7 Å². The van der Waals surface area contributed by atoms with Gasteiger partial charge in [0.15, 0.2) is 5.43 Å². The van der Waals surface area contributed by atoms with Crippen molar-refractivity contribution < 1.29 is 4.79 Å². The summed E-state index contributed by atoms with van der Waals surface area (Å²) < 4.78 is 0. The van der Waals surface area contributed by atoms with Crippen molar-refractivity contribution in [3.63, 3.8) is 0 Å². The average Bonchev–Trinajstić information content (AvgIpc) is 2.38. The highest BCUT2D eigenvalue weighted by molar-refractivity contribution is 5.93. The second-order valence-corrected chi connectivity index (χ2v) is 3.87. The fourth-order valence-corrected chi connectivity index (χ4v) is 1.56. The molecule has 2 aromatic rings. The Labute approximate surface area is 104 Å². The van der Waals surface area contributed by atoms with Gasteiger partial charge in [-0.3, -0.25) is 14.6 Å². The first-order chi connectivity index (χ1) is 8.68. The van der Waals surface area contributed by atoms with E-state index in [4.69, 9.17) is 0 Å². The summed E-state index contributed by atoms with van der Waals surface area (Å²) >= 11 is 0. The van der Waals surface area contributed by atoms with Crippen molar-refractivity contribution in [2.45, 2.75) is 13.5 Å². The molecule has 0 saturated carbocycles. The average molecular weight is 243 g/mol. The summed E-state index contributed by atoms with van der Waals surface area (Å²) in [6.45, 7) is 2.23. The van der Waals surface area contributed by atoms with Crippen molar-refractivity contribution in [2.75, 3.05) is 0 Å². The van der Waals surface area contributed by atoms with Gasteiger partial charge in [0.2, 0.25) is 0 Å². The number of rotatable bonds is 3. The molecular weight excluding hydrogens is 230 g/mol. The quantitative estimate of drug-likeness (QED) is 0.844. The topological polar surface area (TPSA) is 74.8 Å². The predicted molar refractivity (Wildman–Crippen MR) is 67.2 cm³/mol. The van der Waals surface area contributed by atoms with E-state index in [1.165, 1.54) is 18.5 Å². The zero-order valence-electron chi connectivity index (χ0n) is 9.93. The van der Waals surface area contributed by atoms with Gasteiger partial charge in [0.25, 0.3) is 5.91 Å². The van der Waals surface area contributed by atoms with Gasteiger partial charge >= 0.3 is 0 Å². The molecule has 0 fully saturated rings. The van der Waals surface area contributed by atoms with Crippen LogP contribution in [0.1, 0.15) is 21.6 Å². The van der Waals surface area contributed by atoms with Gasteiger partial charge in [0.1, 0.15) is 5.56 Å². The van der Waals surface area contributed by atoms with Crippen LogP contribution in [0.5, 0.6) is 0 Å². The number of aromatic amines is 1. The largest absolute Gasteiger partial charge is 0.367 e. The van der Waals surface area contributed by atoms with E-state index in [-0.39, 0.29) is 11.0 Å². The molecule has 18 heavy (non-hydrogen) atoms. The number of nitrogens with one attached hydrogen (secondary N) is 2. The van der Waals surface area contributed by atoms with Crippen molar-refractivity contribution in [1.29, 1.82) is 0 Å². The molecule has 2 heterocycles. The lowest BCUT2D eigenvalue weighted by Crippen LogP contribution is -2.28. The van der Waals surface area contributed by atoms with E-state index in [1.54, 1.807) is 6.20 Å². The van der Waals surface area contributed by atoms with E-state index in [1.807, 2.05) is 19.1 Å². The second-order valence-electron chi connectivity index (χ2n) is 3.87. The Morgan fingerprint density at radius 3 is 3.00 bits per heavy atom. The van der Waals surface area contributed by atoms with Crippen LogP contribution >= 0.6 is 0 Å². The number of carbonyl (C=O) groups excluding carboxylic acids is 1. The van der Waals surface area contributed by atoms with E-state index in [2.05, 4.69) is 15.3 Å². The molecule has 0 atom stereocenters. The Balaban J connectivity index is 2.08. The molecule has 2 aromatic heterocycles. The lowest BCUT2D eigenvalue weighted by molar-refractivity contribution is 0.0949. The summed E-state index contributed by atoms with van der Waals surface area (Å²) in [5, 5.41) is 2.68. The van der Waals surface area contributed by atoms with E-state index >= 15 is 0 Å². The molecule has 0 aromatic carbocycles. The minimum absolute atomic E-state index is 0.103. The molecule has 0 aliphatic heterocycles. The monoisotopic (exact) mass is 243 g/mol. The first-order valence-corrected chi connectivity index (χ1v) is 5.54. The minimum atomic E-state index is -0.401. The van der Waals surface area contributed by atoms with Crippen LogP contribution in [0.4, 0.5) is 0 Å². The zero-order valence-corrected chi connectivity index (χ0v) is 9.93. The fourth-order valence-electron chi connectivity index (χ4n) is 1.56. The Morgan fingerprint density at radius 2 is 2.28 bits per heavy atom. The fraction of sp³-hybridized carbons (Fsp3) is 0.154. The number of pyridine rings is 2. The van der Waals surface area contributed by atoms with Crippen molar-refractivity contribution in [3.05, 3.63) is 63.8 Å². The number of carbonyl (C=O) groups is 1. The Kier molecular flexibility index (Phi) is 3.52. The molecule has 0 aliphatic rings. The maximum absolute atomic E-state index is 11.8. The summed E-state index contributed by atoms with van der Waals surface area (Å²) in [6.07, 6.45) is 4.55. The standard InChI is InChI=1S/C13H13N3O2/c1-9-3-2-5-15-11(9)8-16-13(18)10-7-14-6-4-12(10)17/h2-7H,8H2,1H3,(H,14,17)(H,16,18). The molecule has 92 valence electrons. The lowest BCUT2D eigenvalue weighted by Gasteiger charge is -2.06. The molecule has 1 amide bonds. The molecule has 5 heteroatoms. The first-order valence-electron chi connectivity index (χ1n) is 5.54. The molecule has 0 radical (unpaired) electrons. The summed E-state index contributed by atoms with van der Waals surface area (Å²) in [6, 6.07) is 5.08. The van der Waals surface area contributed by atoms with Gasteiger partial charge in [-0.15, -0.1) is 0 Å². The molecule has 2 N–H and O–H groups in total. The van der Waals surface area contributed by atoms with Gasteiger partial charge in [-0.05, 0) is 18.6 Å². The zero-order chi connectivity index (χ0) is 13.0. The third kappa shape index (κ3) is 2.63. The van der Waals surface area contributed by atoms with Crippen molar-refractivity contribution in [2.24, 2.45) is 0 Å². The highest BCUT2D eigenvalue weighted by Gasteiger charge is 2.09. The van der Waals surface area contributed by atoms with Gasteiger partial charge in [0, 0.05) is 24.7 Å². The van der Waals surface area contributed by atoms with Crippen LogP contribution in [-0.2, 0) is 6.54 Å². The molecule has 0 saturated heterocycles. The molecule has 0 unspecified atom stereocenters. The van der Waals surface area contributed by atoms with Gasteiger partial charge in [0.05, 0.1) is 12.2 Å². The molecular formula is C13H13N3O2. The van der Waals surface area contributed by atoms with Crippen LogP contribution in [0, 0.1) is 6.92 Å². The molecule has 5 nitrogen and oxygen atoms in total. The second kappa shape index (κ2) is 5.27. The van der Waals surface area contributed by atoms with E-state index in [0.29, 0.717) is 6.54 Å². The van der Waals surface area contributed by atoms with Gasteiger partial charge < -0.3 is 10.3 Å². The van der Waals surface area contributed by atoms with E-state index in [0.717, 1.165) is 11.3 Å². The third-order valence-corrected chi connectivity index (χ3v) is 2.60. The molecule has 2 rings (SSSR count). The van der Waals surface area contributed by atoms with Gasteiger partial charge in [-0.25, -0.2) is 0 Å². The Morgan fingerprint density at radius 1 is 1.44 bits per heavy atom. The number of hydrogen-bond acceptors (Lipinski definition) is 3. The van der Waals surface area contributed by atoms with Crippen LogP contribution in [0.25, 0.3) is 0 Å². The normalized spacial score (nSPS) is 10.1. The molecule has 0 spiro atoms. The lowest BCUT2D eigenvalue weighted by atomic mass is 10.2. The molecule has 0 bridgehead atoms. The first kappa shape index (κ1) is 12.0. The Bertz CT molecular complexity index is 619. The number of aromatic nitrogens is 2. The number of nitrogens with zero attached hydrogens (tertiary/aromatic N) is 1. The summed E-state index contributed by atoms with van der Waals surface area (Å²) in [5.74, 6) is -0.401. The van der Waals surface area contributed by atoms with E-state index < -0.39 is 5.91 Å². The summed E-state index contributed by atoms with van der Waals surface area (Å²) in [4.78, 5) is 30.1. The number of H-pyrrole nitrogens is 1. The highest BCUT2D eigenvalue weighted by Crippen LogP contribution is 2.02. The van der Waals surface area contributed by atoms with E-state index in [9.17, 15) is 9.59 Å². The number of amides is 1.